The lowest BCUT2D eigenvalue weighted by atomic mass is 9.97. The number of hydrogen-bond donors (Lipinski definition) is 1. The monoisotopic (exact) mass is 292 g/mol. The minimum absolute atomic E-state index is 0.365. The zero-order chi connectivity index (χ0) is 14.9. The van der Waals surface area contributed by atoms with Gasteiger partial charge in [-0.05, 0) is 43.6 Å². The first-order valence-corrected chi connectivity index (χ1v) is 8.15. The van der Waals surface area contributed by atoms with E-state index in [9.17, 15) is 5.11 Å². The van der Waals surface area contributed by atoms with Crippen molar-refractivity contribution in [1.29, 1.82) is 0 Å². The number of hydrogen-bond acceptors (Lipinski definition) is 3. The molecule has 1 aromatic rings. The van der Waals surface area contributed by atoms with Crippen LogP contribution in [0, 0.1) is 5.92 Å². The van der Waals surface area contributed by atoms with E-state index in [1.165, 1.54) is 12.8 Å². The third-order valence-corrected chi connectivity index (χ3v) is 4.08. The highest BCUT2D eigenvalue weighted by atomic mass is 16.5. The number of benzene rings is 1. The van der Waals surface area contributed by atoms with Crippen LogP contribution in [0.15, 0.2) is 30.3 Å². The molecule has 1 N–H and O–H groups in total. The van der Waals surface area contributed by atoms with Crippen LogP contribution in [0.1, 0.15) is 44.6 Å². The van der Waals surface area contributed by atoms with Crippen LogP contribution in [-0.4, -0.2) is 30.5 Å². The minimum atomic E-state index is -0.365. The fourth-order valence-electron chi connectivity index (χ4n) is 2.72. The smallest absolute Gasteiger partial charge is 0.0773 e. The summed E-state index contributed by atoms with van der Waals surface area (Å²) in [6.45, 7) is 4.12. The standard InChI is InChI=1S/C18H28O3/c1-15-10-11-18(21-12-15)9-5-8-17(19)14-20-13-16-6-3-2-4-7-16/h2-4,6-7,15,17-19H,5,8-14H2,1H3/t15-,17+,18-/m1/s1. The summed E-state index contributed by atoms with van der Waals surface area (Å²) in [7, 11) is 0. The van der Waals surface area contributed by atoms with Crippen molar-refractivity contribution in [2.75, 3.05) is 13.2 Å². The van der Waals surface area contributed by atoms with Gasteiger partial charge in [-0.2, -0.15) is 0 Å². The lowest BCUT2D eigenvalue weighted by Gasteiger charge is -2.27. The molecule has 0 unspecified atom stereocenters. The van der Waals surface area contributed by atoms with Gasteiger partial charge in [0.1, 0.15) is 0 Å². The molecule has 2 rings (SSSR count). The van der Waals surface area contributed by atoms with E-state index in [4.69, 9.17) is 9.47 Å². The molecule has 0 radical (unpaired) electrons. The molecule has 3 heteroatoms. The van der Waals surface area contributed by atoms with Crippen LogP contribution in [0.5, 0.6) is 0 Å². The first-order chi connectivity index (χ1) is 10.2. The second-order valence-corrected chi connectivity index (χ2v) is 6.22. The molecular weight excluding hydrogens is 264 g/mol. The van der Waals surface area contributed by atoms with E-state index in [1.54, 1.807) is 0 Å². The predicted molar refractivity (Wildman–Crippen MR) is 84.1 cm³/mol. The molecule has 0 spiro atoms. The maximum Gasteiger partial charge on any atom is 0.0773 e. The van der Waals surface area contributed by atoms with Crippen LogP contribution >= 0.6 is 0 Å². The fourth-order valence-corrected chi connectivity index (χ4v) is 2.72. The van der Waals surface area contributed by atoms with Gasteiger partial charge in [0.2, 0.25) is 0 Å². The van der Waals surface area contributed by atoms with E-state index in [1.807, 2.05) is 30.3 Å². The van der Waals surface area contributed by atoms with Crippen LogP contribution in [0.25, 0.3) is 0 Å². The van der Waals surface area contributed by atoms with Gasteiger partial charge in [-0.1, -0.05) is 37.3 Å². The van der Waals surface area contributed by atoms with Gasteiger partial charge < -0.3 is 14.6 Å². The number of aliphatic hydroxyl groups is 1. The van der Waals surface area contributed by atoms with Crippen LogP contribution in [0.3, 0.4) is 0 Å². The molecule has 3 nitrogen and oxygen atoms in total. The zero-order valence-electron chi connectivity index (χ0n) is 13.0. The quantitative estimate of drug-likeness (QED) is 0.796. The van der Waals surface area contributed by atoms with E-state index in [2.05, 4.69) is 6.92 Å². The molecule has 1 heterocycles. The van der Waals surface area contributed by atoms with E-state index in [0.29, 0.717) is 25.2 Å². The second kappa shape index (κ2) is 9.19. The molecular formula is C18H28O3. The average Bonchev–Trinajstić information content (AvgIpc) is 2.50. The highest BCUT2D eigenvalue weighted by Crippen LogP contribution is 2.22. The van der Waals surface area contributed by atoms with Gasteiger partial charge >= 0.3 is 0 Å². The van der Waals surface area contributed by atoms with Crippen molar-refractivity contribution < 1.29 is 14.6 Å². The molecule has 3 atom stereocenters. The van der Waals surface area contributed by atoms with Gasteiger partial charge in [0.15, 0.2) is 0 Å². The molecule has 1 saturated heterocycles. The van der Waals surface area contributed by atoms with Gasteiger partial charge in [-0.25, -0.2) is 0 Å². The molecule has 1 aliphatic heterocycles. The summed E-state index contributed by atoms with van der Waals surface area (Å²) in [6.07, 6.45) is 5.34. The molecule has 0 saturated carbocycles. The second-order valence-electron chi connectivity index (χ2n) is 6.22. The maximum atomic E-state index is 9.93. The lowest BCUT2D eigenvalue weighted by molar-refractivity contribution is -0.0204. The summed E-state index contributed by atoms with van der Waals surface area (Å²) in [5.41, 5.74) is 1.15. The van der Waals surface area contributed by atoms with Gasteiger partial charge in [0.25, 0.3) is 0 Å². The van der Waals surface area contributed by atoms with Crippen LogP contribution in [0.4, 0.5) is 0 Å². The van der Waals surface area contributed by atoms with Gasteiger partial charge in [0, 0.05) is 6.61 Å². The Kier molecular flexibility index (Phi) is 7.20. The summed E-state index contributed by atoms with van der Waals surface area (Å²) in [5, 5.41) is 9.93. The Morgan fingerprint density at radius 2 is 2.10 bits per heavy atom. The molecule has 118 valence electrons. The number of ether oxygens (including phenoxy) is 2. The Bertz CT molecular complexity index is 371. The highest BCUT2D eigenvalue weighted by Gasteiger charge is 2.18. The summed E-state index contributed by atoms with van der Waals surface area (Å²) >= 11 is 0. The van der Waals surface area contributed by atoms with E-state index >= 15 is 0 Å². The number of aliphatic hydroxyl groups excluding tert-OH is 1. The summed E-state index contributed by atoms with van der Waals surface area (Å²) in [5.74, 6) is 0.707. The van der Waals surface area contributed by atoms with Gasteiger partial charge in [-0.15, -0.1) is 0 Å². The fraction of sp³-hybridized carbons (Fsp3) is 0.667. The maximum absolute atomic E-state index is 9.93. The highest BCUT2D eigenvalue weighted by molar-refractivity contribution is 5.13. The Morgan fingerprint density at radius 3 is 2.81 bits per heavy atom. The van der Waals surface area contributed by atoms with Crippen molar-refractivity contribution in [3.8, 4) is 0 Å². The predicted octanol–water partition coefficient (Wildman–Crippen LogP) is 3.55. The van der Waals surface area contributed by atoms with Crippen LogP contribution in [-0.2, 0) is 16.1 Å². The van der Waals surface area contributed by atoms with E-state index in [0.717, 1.165) is 31.4 Å². The normalized spacial score (nSPS) is 23.9. The minimum Gasteiger partial charge on any atom is -0.391 e. The molecule has 1 fully saturated rings. The molecule has 0 bridgehead atoms. The topological polar surface area (TPSA) is 38.7 Å². The summed E-state index contributed by atoms with van der Waals surface area (Å²) in [4.78, 5) is 0. The zero-order valence-corrected chi connectivity index (χ0v) is 13.0. The molecule has 1 aliphatic rings. The van der Waals surface area contributed by atoms with Crippen molar-refractivity contribution in [3.05, 3.63) is 35.9 Å². The van der Waals surface area contributed by atoms with Crippen LogP contribution < -0.4 is 0 Å². The number of rotatable bonds is 8. The molecule has 1 aromatic carbocycles. The Morgan fingerprint density at radius 1 is 1.29 bits per heavy atom. The van der Waals surface area contributed by atoms with Crippen molar-refractivity contribution in [1.82, 2.24) is 0 Å². The third-order valence-electron chi connectivity index (χ3n) is 4.08. The lowest BCUT2D eigenvalue weighted by Crippen LogP contribution is -2.24. The summed E-state index contributed by atoms with van der Waals surface area (Å²) < 4.78 is 11.4. The van der Waals surface area contributed by atoms with E-state index in [-0.39, 0.29) is 6.10 Å². The van der Waals surface area contributed by atoms with Crippen molar-refractivity contribution in [2.24, 2.45) is 5.92 Å². The van der Waals surface area contributed by atoms with Crippen molar-refractivity contribution in [2.45, 2.75) is 57.8 Å². The Balaban J connectivity index is 1.50. The molecule has 0 aliphatic carbocycles. The van der Waals surface area contributed by atoms with Crippen molar-refractivity contribution >= 4 is 0 Å². The Hall–Kier alpha value is -0.900. The van der Waals surface area contributed by atoms with Gasteiger partial charge in [0.05, 0.1) is 25.4 Å². The third kappa shape index (κ3) is 6.60. The SMILES string of the molecule is C[C@@H]1CC[C@@H](CCC[C@H](O)COCc2ccccc2)OC1. The van der Waals surface area contributed by atoms with E-state index < -0.39 is 0 Å². The molecule has 21 heavy (non-hydrogen) atoms. The summed E-state index contributed by atoms with van der Waals surface area (Å²) in [6, 6.07) is 10.1. The largest absolute Gasteiger partial charge is 0.391 e. The Labute approximate surface area is 128 Å². The molecule has 0 amide bonds. The first kappa shape index (κ1) is 16.5. The molecule has 0 aromatic heterocycles. The first-order valence-electron chi connectivity index (χ1n) is 8.15. The van der Waals surface area contributed by atoms with Crippen molar-refractivity contribution in [3.63, 3.8) is 0 Å². The van der Waals surface area contributed by atoms with Crippen LogP contribution in [0.2, 0.25) is 0 Å². The van der Waals surface area contributed by atoms with Gasteiger partial charge in [-0.3, -0.25) is 0 Å². The average molecular weight is 292 g/mol.